The number of rotatable bonds is 6. The summed E-state index contributed by atoms with van der Waals surface area (Å²) in [6, 6.07) is 8.26. The maximum Gasteiger partial charge on any atom is 0.159 e. The van der Waals surface area contributed by atoms with Gasteiger partial charge in [-0.25, -0.2) is 4.98 Å². The normalized spacial score (nSPS) is 13.1. The Morgan fingerprint density at radius 1 is 1.15 bits per heavy atom. The van der Waals surface area contributed by atoms with Crippen LogP contribution in [0.2, 0.25) is 0 Å². The molecule has 0 radical (unpaired) electrons. The summed E-state index contributed by atoms with van der Waals surface area (Å²) in [6.07, 6.45) is 12.9. The molecule has 0 spiro atoms. The van der Waals surface area contributed by atoms with Gasteiger partial charge in [-0.2, -0.15) is 5.10 Å². The molecule has 0 saturated carbocycles. The molecule has 0 saturated heterocycles. The minimum absolute atomic E-state index is 0.737. The number of nitrogens with zero attached hydrogens (tertiary/aromatic N) is 4. The molecule has 0 fully saturated rings. The molecule has 0 atom stereocenters. The van der Waals surface area contributed by atoms with E-state index in [1.807, 2.05) is 30.7 Å². The second kappa shape index (κ2) is 8.81. The van der Waals surface area contributed by atoms with Gasteiger partial charge in [-0.1, -0.05) is 25.1 Å². The van der Waals surface area contributed by atoms with Gasteiger partial charge in [-0.3, -0.25) is 15.1 Å². The van der Waals surface area contributed by atoms with Gasteiger partial charge < -0.3 is 10.3 Å². The fraction of sp³-hybridized carbons (Fsp3) is 0.154. The van der Waals surface area contributed by atoms with E-state index in [9.17, 15) is 0 Å². The number of H-pyrrole nitrogens is 2. The van der Waals surface area contributed by atoms with E-state index in [0.29, 0.717) is 0 Å². The van der Waals surface area contributed by atoms with Gasteiger partial charge in [0, 0.05) is 30.4 Å². The average Bonchev–Trinajstić information content (AvgIpc) is 3.60. The Bertz CT molecular complexity index is 1620. The first-order valence-electron chi connectivity index (χ1n) is 11.3. The number of nitrogens with one attached hydrogen (secondary N) is 3. The number of pyridine rings is 2. The van der Waals surface area contributed by atoms with Crippen molar-refractivity contribution in [3.8, 4) is 22.1 Å². The number of fused-ring (bicyclic) bond motifs is 2. The molecule has 6 rings (SSSR count). The highest BCUT2D eigenvalue weighted by Crippen LogP contribution is 2.29. The van der Waals surface area contributed by atoms with Gasteiger partial charge in [0.05, 0.1) is 15.7 Å². The Morgan fingerprint density at radius 3 is 3.00 bits per heavy atom. The number of allylic oxidation sites excluding steroid dienone is 2. The lowest BCUT2D eigenvalue weighted by atomic mass is 10.0. The summed E-state index contributed by atoms with van der Waals surface area (Å²) in [7, 11) is 0. The molecule has 8 heteroatoms. The molecule has 1 aliphatic rings. The molecule has 0 aromatic carbocycles. The zero-order valence-electron chi connectivity index (χ0n) is 18.7. The van der Waals surface area contributed by atoms with Crippen molar-refractivity contribution in [1.29, 1.82) is 0 Å². The molecule has 7 nitrogen and oxygen atoms in total. The second-order valence-corrected chi connectivity index (χ2v) is 9.09. The van der Waals surface area contributed by atoms with Crippen LogP contribution in [0.1, 0.15) is 24.5 Å². The fourth-order valence-electron chi connectivity index (χ4n) is 4.23. The van der Waals surface area contributed by atoms with Crippen LogP contribution in [0.5, 0.6) is 0 Å². The first kappa shape index (κ1) is 20.7. The van der Waals surface area contributed by atoms with E-state index in [0.717, 1.165) is 68.8 Å². The molecule has 3 N–H and O–H groups in total. The Labute approximate surface area is 200 Å². The first-order chi connectivity index (χ1) is 16.8. The zero-order chi connectivity index (χ0) is 22.9. The van der Waals surface area contributed by atoms with Crippen molar-refractivity contribution < 1.29 is 0 Å². The Morgan fingerprint density at radius 2 is 2.12 bits per heavy atom. The van der Waals surface area contributed by atoms with Crippen molar-refractivity contribution in [1.82, 2.24) is 35.5 Å². The van der Waals surface area contributed by atoms with Crippen LogP contribution >= 0.6 is 11.3 Å². The summed E-state index contributed by atoms with van der Waals surface area (Å²) in [6.45, 7) is 3.86. The van der Waals surface area contributed by atoms with Crippen molar-refractivity contribution in [3.63, 3.8) is 0 Å². The fourth-order valence-corrected chi connectivity index (χ4v) is 4.95. The number of hydrogen-bond acceptors (Lipinski definition) is 6. The molecule has 5 aromatic rings. The smallest absolute Gasteiger partial charge is 0.159 e. The third-order valence-electron chi connectivity index (χ3n) is 5.94. The molecule has 34 heavy (non-hydrogen) atoms. The summed E-state index contributed by atoms with van der Waals surface area (Å²) in [5.74, 6) is 0.737. The van der Waals surface area contributed by atoms with E-state index in [-0.39, 0.29) is 0 Å². The standard InChI is InChI=1S/C26H23N7S/c1-2-27-13-16-12-18(15-28-14-16)17-5-7-19-20(8-6-17)32-33-23(19)26-30-21-9-10-29-25(24(21)31-26)22-4-3-11-34-22/h3-4,6-12,14-15,27,32H,2,5,13H2,1H3,(H,30,31). The van der Waals surface area contributed by atoms with E-state index in [1.54, 1.807) is 11.3 Å². The van der Waals surface area contributed by atoms with E-state index < -0.39 is 0 Å². The number of hydrogen-bond donors (Lipinski definition) is 3. The van der Waals surface area contributed by atoms with Crippen LogP contribution < -0.4 is 15.9 Å². The molecule has 0 bridgehead atoms. The Kier molecular flexibility index (Phi) is 5.37. The van der Waals surface area contributed by atoms with E-state index in [1.165, 1.54) is 11.1 Å². The average molecular weight is 466 g/mol. The number of aromatic nitrogens is 6. The highest BCUT2D eigenvalue weighted by atomic mass is 32.1. The van der Waals surface area contributed by atoms with Gasteiger partial charge in [-0.05, 0) is 59.3 Å². The molecule has 1 aliphatic carbocycles. The third-order valence-corrected chi connectivity index (χ3v) is 6.81. The maximum absolute atomic E-state index is 4.91. The molecule has 0 unspecified atom stereocenters. The lowest BCUT2D eigenvalue weighted by Gasteiger charge is -2.07. The van der Waals surface area contributed by atoms with Crippen LogP contribution in [0.15, 0.2) is 54.3 Å². The lowest BCUT2D eigenvalue weighted by Crippen LogP contribution is -2.23. The number of imidazole rings is 1. The number of thiophene rings is 1. The third kappa shape index (κ3) is 3.76. The van der Waals surface area contributed by atoms with Crippen molar-refractivity contribution in [2.75, 3.05) is 6.54 Å². The van der Waals surface area contributed by atoms with Gasteiger partial charge in [0.2, 0.25) is 0 Å². The molecular formula is C26H23N7S. The predicted molar refractivity (Wildman–Crippen MR) is 137 cm³/mol. The summed E-state index contributed by atoms with van der Waals surface area (Å²) in [4.78, 5) is 18.5. The van der Waals surface area contributed by atoms with Gasteiger partial charge in [0.15, 0.2) is 5.82 Å². The van der Waals surface area contributed by atoms with Crippen molar-refractivity contribution in [2.45, 2.75) is 19.9 Å². The second-order valence-electron chi connectivity index (χ2n) is 8.15. The van der Waals surface area contributed by atoms with Crippen molar-refractivity contribution in [3.05, 3.63) is 76.0 Å². The first-order valence-corrected chi connectivity index (χ1v) is 12.2. The SMILES string of the molecule is CCNCc1cncc(C2=CC=c3[nH]nc(-c4nc5c(-c6cccs6)nccc5[nH]4)c3=CC2)c1. The van der Waals surface area contributed by atoms with Crippen molar-refractivity contribution >= 4 is 40.1 Å². The predicted octanol–water partition coefficient (Wildman–Crippen LogP) is 3.63. The Hall–Kier alpha value is -3.88. The summed E-state index contributed by atoms with van der Waals surface area (Å²) in [5.41, 5.74) is 7.05. The van der Waals surface area contributed by atoms with Crippen LogP contribution in [0.25, 0.3) is 50.8 Å². The van der Waals surface area contributed by atoms with Gasteiger partial charge in [0.25, 0.3) is 0 Å². The van der Waals surface area contributed by atoms with E-state index in [2.05, 4.69) is 73.1 Å². The number of aromatic amines is 2. The quantitative estimate of drug-likeness (QED) is 0.356. The van der Waals surface area contributed by atoms with Crippen molar-refractivity contribution in [2.24, 2.45) is 0 Å². The van der Waals surface area contributed by atoms with Gasteiger partial charge in [-0.15, -0.1) is 11.3 Å². The van der Waals surface area contributed by atoms with Crippen LogP contribution in [0.3, 0.4) is 0 Å². The minimum atomic E-state index is 0.737. The van der Waals surface area contributed by atoms with E-state index >= 15 is 0 Å². The lowest BCUT2D eigenvalue weighted by molar-refractivity contribution is 0.724. The van der Waals surface area contributed by atoms with Crippen LogP contribution in [0.4, 0.5) is 0 Å². The monoisotopic (exact) mass is 465 g/mol. The zero-order valence-corrected chi connectivity index (χ0v) is 19.5. The highest BCUT2D eigenvalue weighted by Gasteiger charge is 2.16. The van der Waals surface area contributed by atoms with Crippen LogP contribution in [-0.4, -0.2) is 36.7 Å². The molecule has 0 amide bonds. The van der Waals surface area contributed by atoms with Gasteiger partial charge in [0.1, 0.15) is 16.9 Å². The van der Waals surface area contributed by atoms with Crippen LogP contribution in [0, 0.1) is 0 Å². The Balaban J connectivity index is 1.37. The van der Waals surface area contributed by atoms with E-state index in [4.69, 9.17) is 4.98 Å². The highest BCUT2D eigenvalue weighted by molar-refractivity contribution is 7.13. The van der Waals surface area contributed by atoms with Crippen LogP contribution in [-0.2, 0) is 6.54 Å². The minimum Gasteiger partial charge on any atom is -0.336 e. The van der Waals surface area contributed by atoms with Gasteiger partial charge >= 0.3 is 0 Å². The summed E-state index contributed by atoms with van der Waals surface area (Å²) < 4.78 is 0. The maximum atomic E-state index is 4.91. The molecule has 5 aromatic heterocycles. The molecular weight excluding hydrogens is 442 g/mol. The molecule has 168 valence electrons. The summed E-state index contributed by atoms with van der Waals surface area (Å²) in [5, 5.41) is 15.2. The summed E-state index contributed by atoms with van der Waals surface area (Å²) >= 11 is 1.66. The largest absolute Gasteiger partial charge is 0.336 e. The molecule has 0 aliphatic heterocycles. The molecule has 5 heterocycles. The topological polar surface area (TPSA) is 95.2 Å².